The molecule has 0 aromatic heterocycles. The van der Waals surface area contributed by atoms with Gasteiger partial charge in [-0.25, -0.2) is 0 Å². The number of nitrogens with zero attached hydrogens (tertiary/aromatic N) is 1. The van der Waals surface area contributed by atoms with Gasteiger partial charge in [0.25, 0.3) is 0 Å². The predicted octanol–water partition coefficient (Wildman–Crippen LogP) is 1.55. The molecule has 4 unspecified atom stereocenters. The maximum atomic E-state index is 10.5. The first kappa shape index (κ1) is 13.0. The molecule has 0 amide bonds. The summed E-state index contributed by atoms with van der Waals surface area (Å²) in [5.41, 5.74) is 2.40. The molecule has 4 heterocycles. The second-order valence-corrected chi connectivity index (χ2v) is 7.65. The topological polar surface area (TPSA) is 54.5 Å². The molecule has 3 fully saturated rings. The van der Waals surface area contributed by atoms with Gasteiger partial charge in [-0.3, -0.25) is 4.90 Å². The molecule has 4 atom stereocenters. The standard InChI is InChI=1S/C18H21NO4/c20-12-7-16-18(23-16)3-5-19-4-1-2-11-6-14-15(22-10-21-14)8-13(11)17(18,19)9-12/h6,8,12,16,20H,1-5,7,9-10H2. The first-order valence-electron chi connectivity index (χ1n) is 8.77. The summed E-state index contributed by atoms with van der Waals surface area (Å²) in [6.45, 7) is 2.45. The summed E-state index contributed by atoms with van der Waals surface area (Å²) in [7, 11) is 0. The van der Waals surface area contributed by atoms with Gasteiger partial charge in [0.05, 0.1) is 17.7 Å². The molecule has 0 bridgehead atoms. The molecule has 1 N–H and O–H groups in total. The van der Waals surface area contributed by atoms with Gasteiger partial charge in [-0.15, -0.1) is 0 Å². The van der Waals surface area contributed by atoms with E-state index in [0.29, 0.717) is 6.79 Å². The number of benzene rings is 1. The Morgan fingerprint density at radius 3 is 2.96 bits per heavy atom. The van der Waals surface area contributed by atoms with Gasteiger partial charge < -0.3 is 19.3 Å². The fourth-order valence-corrected chi connectivity index (χ4v) is 5.83. The van der Waals surface area contributed by atoms with Crippen molar-refractivity contribution in [3.63, 3.8) is 0 Å². The van der Waals surface area contributed by atoms with Crippen LogP contribution in [0.4, 0.5) is 0 Å². The van der Waals surface area contributed by atoms with E-state index in [0.717, 1.165) is 56.7 Å². The van der Waals surface area contributed by atoms with E-state index in [1.807, 2.05) is 0 Å². The maximum Gasteiger partial charge on any atom is 0.231 e. The molecule has 1 saturated carbocycles. The first-order chi connectivity index (χ1) is 11.2. The van der Waals surface area contributed by atoms with Crippen molar-refractivity contribution in [1.82, 2.24) is 4.90 Å². The minimum atomic E-state index is -0.285. The third kappa shape index (κ3) is 1.41. The second kappa shape index (κ2) is 4.02. The zero-order chi connectivity index (χ0) is 15.2. The minimum absolute atomic E-state index is 0.0843. The van der Waals surface area contributed by atoms with Gasteiger partial charge >= 0.3 is 0 Å². The van der Waals surface area contributed by atoms with Crippen molar-refractivity contribution in [3.8, 4) is 11.5 Å². The number of fused-ring (bicyclic) bond motifs is 2. The van der Waals surface area contributed by atoms with Crippen molar-refractivity contribution in [2.75, 3.05) is 19.9 Å². The minimum Gasteiger partial charge on any atom is -0.454 e. The van der Waals surface area contributed by atoms with E-state index in [1.165, 1.54) is 11.1 Å². The van der Waals surface area contributed by atoms with E-state index >= 15 is 0 Å². The third-order valence-corrected chi connectivity index (χ3v) is 6.74. The maximum absolute atomic E-state index is 10.5. The number of aliphatic hydroxyl groups is 1. The van der Waals surface area contributed by atoms with Gasteiger partial charge in [0.2, 0.25) is 6.79 Å². The normalized spacial score (nSPS) is 43.2. The number of ether oxygens (including phenoxy) is 3. The second-order valence-electron chi connectivity index (χ2n) is 7.65. The fraction of sp³-hybridized carbons (Fsp3) is 0.667. The lowest BCUT2D eigenvalue weighted by atomic mass is 9.67. The van der Waals surface area contributed by atoms with Gasteiger partial charge in [-0.2, -0.15) is 0 Å². The van der Waals surface area contributed by atoms with Crippen molar-refractivity contribution in [2.45, 2.75) is 55.5 Å². The van der Waals surface area contributed by atoms with E-state index in [2.05, 4.69) is 17.0 Å². The molecule has 4 aliphatic heterocycles. The van der Waals surface area contributed by atoms with Crippen LogP contribution in [0.1, 0.15) is 36.8 Å². The average Bonchev–Trinajstić information content (AvgIpc) is 2.95. The number of hydrogen-bond acceptors (Lipinski definition) is 5. The van der Waals surface area contributed by atoms with E-state index in [-0.39, 0.29) is 23.3 Å². The van der Waals surface area contributed by atoms with Crippen LogP contribution in [0, 0.1) is 0 Å². The molecule has 122 valence electrons. The Kier molecular flexibility index (Phi) is 2.28. The van der Waals surface area contributed by atoms with E-state index in [1.54, 1.807) is 0 Å². The number of hydrogen-bond donors (Lipinski definition) is 1. The lowest BCUT2D eigenvalue weighted by Gasteiger charge is -2.45. The molecule has 2 saturated heterocycles. The molecule has 1 aliphatic carbocycles. The van der Waals surface area contributed by atoms with E-state index < -0.39 is 0 Å². The zero-order valence-corrected chi connectivity index (χ0v) is 13.1. The van der Waals surface area contributed by atoms with Crippen LogP contribution in [-0.2, 0) is 16.7 Å². The Bertz CT molecular complexity index is 707. The lowest BCUT2D eigenvalue weighted by molar-refractivity contribution is 0.00796. The number of epoxide rings is 1. The Morgan fingerprint density at radius 1 is 1.17 bits per heavy atom. The van der Waals surface area contributed by atoms with Crippen molar-refractivity contribution < 1.29 is 19.3 Å². The lowest BCUT2D eigenvalue weighted by Crippen LogP contribution is -2.55. The quantitative estimate of drug-likeness (QED) is 0.736. The van der Waals surface area contributed by atoms with Crippen LogP contribution in [0.2, 0.25) is 0 Å². The molecule has 5 nitrogen and oxygen atoms in total. The van der Waals surface area contributed by atoms with Gasteiger partial charge in [0, 0.05) is 13.0 Å². The molecule has 6 rings (SSSR count). The molecular formula is C18H21NO4. The summed E-state index contributed by atoms with van der Waals surface area (Å²) in [6, 6.07) is 4.35. The van der Waals surface area contributed by atoms with Crippen molar-refractivity contribution in [1.29, 1.82) is 0 Å². The molecule has 5 aliphatic rings. The van der Waals surface area contributed by atoms with Crippen LogP contribution in [0.5, 0.6) is 11.5 Å². The molecule has 1 aromatic rings. The SMILES string of the molecule is OC1CC2OC23CCN2CCCc4cc5c(cc4C23C1)OCO5. The summed E-state index contributed by atoms with van der Waals surface area (Å²) >= 11 is 0. The first-order valence-corrected chi connectivity index (χ1v) is 8.77. The predicted molar refractivity (Wildman–Crippen MR) is 81.6 cm³/mol. The molecular weight excluding hydrogens is 294 g/mol. The van der Waals surface area contributed by atoms with Gasteiger partial charge in [-0.1, -0.05) is 0 Å². The van der Waals surface area contributed by atoms with E-state index in [4.69, 9.17) is 14.2 Å². The number of rotatable bonds is 0. The molecule has 2 spiro atoms. The van der Waals surface area contributed by atoms with E-state index in [9.17, 15) is 5.11 Å². The molecule has 23 heavy (non-hydrogen) atoms. The monoisotopic (exact) mass is 315 g/mol. The summed E-state index contributed by atoms with van der Waals surface area (Å²) in [4.78, 5) is 2.59. The van der Waals surface area contributed by atoms with Crippen LogP contribution in [-0.4, -0.2) is 47.7 Å². The average molecular weight is 315 g/mol. The third-order valence-electron chi connectivity index (χ3n) is 6.74. The van der Waals surface area contributed by atoms with Crippen LogP contribution in [0.25, 0.3) is 0 Å². The summed E-state index contributed by atoms with van der Waals surface area (Å²) in [6.07, 6.45) is 4.77. The van der Waals surface area contributed by atoms with Gasteiger partial charge in [0.15, 0.2) is 11.5 Å². The highest BCUT2D eigenvalue weighted by molar-refractivity contribution is 5.54. The Hall–Kier alpha value is -1.30. The van der Waals surface area contributed by atoms with Crippen molar-refractivity contribution >= 4 is 0 Å². The fourth-order valence-electron chi connectivity index (χ4n) is 5.83. The Balaban J connectivity index is 1.61. The van der Waals surface area contributed by atoms with Gasteiger partial charge in [0.1, 0.15) is 5.60 Å². The summed E-state index contributed by atoms with van der Waals surface area (Å²) in [5, 5.41) is 10.5. The van der Waals surface area contributed by atoms with Gasteiger partial charge in [-0.05, 0) is 55.5 Å². The zero-order valence-electron chi connectivity index (χ0n) is 13.1. The van der Waals surface area contributed by atoms with Crippen molar-refractivity contribution in [3.05, 3.63) is 23.3 Å². The molecule has 5 heteroatoms. The summed E-state index contributed by atoms with van der Waals surface area (Å²) < 4.78 is 17.5. The Labute approximate surface area is 135 Å². The van der Waals surface area contributed by atoms with Crippen LogP contribution in [0.3, 0.4) is 0 Å². The van der Waals surface area contributed by atoms with Crippen molar-refractivity contribution in [2.24, 2.45) is 0 Å². The molecule has 1 aromatic carbocycles. The smallest absolute Gasteiger partial charge is 0.231 e. The number of aryl methyl sites for hydroxylation is 1. The van der Waals surface area contributed by atoms with Crippen LogP contribution < -0.4 is 9.47 Å². The number of aliphatic hydroxyl groups excluding tert-OH is 1. The summed E-state index contributed by atoms with van der Waals surface area (Å²) in [5.74, 6) is 1.71. The van der Waals surface area contributed by atoms with Crippen LogP contribution in [0.15, 0.2) is 12.1 Å². The van der Waals surface area contributed by atoms with Crippen LogP contribution >= 0.6 is 0 Å². The highest BCUT2D eigenvalue weighted by Gasteiger charge is 2.77. The largest absolute Gasteiger partial charge is 0.454 e. The highest BCUT2D eigenvalue weighted by atomic mass is 16.7. The molecule has 0 radical (unpaired) electrons. The Morgan fingerprint density at radius 2 is 2.04 bits per heavy atom. The highest BCUT2D eigenvalue weighted by Crippen LogP contribution is 2.67.